The predicted octanol–water partition coefficient (Wildman–Crippen LogP) is 0.621. The van der Waals surface area contributed by atoms with E-state index in [9.17, 15) is 9.70 Å². The van der Waals surface area contributed by atoms with Crippen LogP contribution in [0.2, 0.25) is 0 Å². The Morgan fingerprint density at radius 3 is 2.20 bits per heavy atom. The Kier molecular flexibility index (Phi) is 4.66. The number of nitroso groups, excluding NO2 is 1. The highest BCUT2D eigenvalue weighted by Gasteiger charge is 2.05. The van der Waals surface area contributed by atoms with Gasteiger partial charge in [-0.25, -0.2) is 0 Å². The molecule has 0 spiro atoms. The molecule has 0 aromatic carbocycles. The van der Waals surface area contributed by atoms with E-state index in [0.29, 0.717) is 0 Å². The first-order valence-corrected chi connectivity index (χ1v) is 3.33. The Balaban J connectivity index is 3.62. The number of carbonyl (C=O) groups excluding carboxylic acids is 1. The maximum absolute atomic E-state index is 10.4. The van der Waals surface area contributed by atoms with Gasteiger partial charge in [0.05, 0.1) is 6.54 Å². The van der Waals surface area contributed by atoms with Crippen LogP contribution in [-0.4, -0.2) is 30.4 Å². The molecule has 0 aliphatic carbocycles. The zero-order valence-corrected chi connectivity index (χ0v) is 6.33. The van der Waals surface area contributed by atoms with E-state index in [4.69, 9.17) is 0 Å². The molecule has 0 saturated carbocycles. The number of rotatable bonds is 4. The van der Waals surface area contributed by atoms with E-state index in [-0.39, 0.29) is 6.54 Å². The molecule has 0 heterocycles. The first-order valence-electron chi connectivity index (χ1n) is 3.33. The molecule has 10 heavy (non-hydrogen) atoms. The molecule has 58 valence electrons. The van der Waals surface area contributed by atoms with E-state index in [1.54, 1.807) is 0 Å². The lowest BCUT2D eigenvalue weighted by Crippen LogP contribution is -2.28. The van der Waals surface area contributed by atoms with E-state index < -0.39 is 5.91 Å². The van der Waals surface area contributed by atoms with Crippen molar-refractivity contribution in [3.63, 3.8) is 0 Å². The predicted molar refractivity (Wildman–Crippen MR) is 38.6 cm³/mol. The van der Waals surface area contributed by atoms with Gasteiger partial charge in [-0.1, -0.05) is 13.8 Å². The van der Waals surface area contributed by atoms with E-state index >= 15 is 0 Å². The van der Waals surface area contributed by atoms with Gasteiger partial charge in [-0.15, -0.1) is 4.91 Å². The maximum atomic E-state index is 10.4. The van der Waals surface area contributed by atoms with Crippen molar-refractivity contribution >= 4 is 5.91 Å². The fraction of sp³-hybridized carbons (Fsp3) is 0.833. The summed E-state index contributed by atoms with van der Waals surface area (Å²) in [4.78, 5) is 21.9. The molecule has 0 bridgehead atoms. The van der Waals surface area contributed by atoms with E-state index in [1.807, 2.05) is 18.7 Å². The third-order valence-electron chi connectivity index (χ3n) is 1.36. The lowest BCUT2D eigenvalue weighted by molar-refractivity contribution is -0.119. The Hall–Kier alpha value is -0.770. The molecule has 0 radical (unpaired) electrons. The summed E-state index contributed by atoms with van der Waals surface area (Å²) in [5.41, 5.74) is 0. The Morgan fingerprint density at radius 2 is 1.90 bits per heavy atom. The Bertz CT molecular complexity index is 121. The average molecular weight is 144 g/mol. The number of likely N-dealkylation sites (N-methyl/N-ethyl adjacent to an activating group) is 1. The van der Waals surface area contributed by atoms with Crippen molar-refractivity contribution in [3.8, 4) is 0 Å². The summed E-state index contributed by atoms with van der Waals surface area (Å²) in [5, 5.41) is 2.29. The van der Waals surface area contributed by atoms with Crippen molar-refractivity contribution in [2.45, 2.75) is 13.8 Å². The van der Waals surface area contributed by atoms with E-state index in [0.717, 1.165) is 13.1 Å². The van der Waals surface area contributed by atoms with Crippen molar-refractivity contribution in [1.82, 2.24) is 4.90 Å². The zero-order chi connectivity index (χ0) is 7.98. The average Bonchev–Trinajstić information content (AvgIpc) is 1.99. The normalized spacial score (nSPS) is 9.90. The quantitative estimate of drug-likeness (QED) is 0.543. The molecule has 0 aromatic heterocycles. The van der Waals surface area contributed by atoms with Crippen molar-refractivity contribution in [3.05, 3.63) is 4.91 Å². The van der Waals surface area contributed by atoms with Crippen LogP contribution in [0.5, 0.6) is 0 Å². The minimum Gasteiger partial charge on any atom is -0.295 e. The highest BCUT2D eigenvalue weighted by Crippen LogP contribution is 1.86. The summed E-state index contributed by atoms with van der Waals surface area (Å²) in [5.74, 6) is -0.594. The van der Waals surface area contributed by atoms with Crippen molar-refractivity contribution in [2.24, 2.45) is 5.18 Å². The van der Waals surface area contributed by atoms with Crippen LogP contribution < -0.4 is 0 Å². The van der Waals surface area contributed by atoms with Crippen LogP contribution in [0.1, 0.15) is 13.8 Å². The van der Waals surface area contributed by atoms with E-state index in [2.05, 4.69) is 5.18 Å². The van der Waals surface area contributed by atoms with E-state index in [1.165, 1.54) is 0 Å². The molecular formula is C6H12N2O2. The van der Waals surface area contributed by atoms with Crippen molar-refractivity contribution in [2.75, 3.05) is 19.6 Å². The molecular weight excluding hydrogens is 132 g/mol. The van der Waals surface area contributed by atoms with Gasteiger partial charge < -0.3 is 0 Å². The zero-order valence-electron chi connectivity index (χ0n) is 6.33. The third kappa shape index (κ3) is 3.29. The molecule has 0 aromatic rings. The molecule has 0 atom stereocenters. The number of carbonyl (C=O) groups is 1. The number of hydrogen-bond donors (Lipinski definition) is 0. The molecule has 0 fully saturated rings. The second-order valence-electron chi connectivity index (χ2n) is 1.95. The van der Waals surface area contributed by atoms with Gasteiger partial charge >= 0.3 is 0 Å². The van der Waals surface area contributed by atoms with Crippen LogP contribution in [-0.2, 0) is 4.79 Å². The monoisotopic (exact) mass is 144 g/mol. The van der Waals surface area contributed by atoms with Crippen LogP contribution in [0.15, 0.2) is 5.18 Å². The molecule has 0 unspecified atom stereocenters. The molecule has 4 heteroatoms. The third-order valence-corrected chi connectivity index (χ3v) is 1.36. The molecule has 0 rings (SSSR count). The molecule has 0 saturated heterocycles. The highest BCUT2D eigenvalue weighted by atomic mass is 16.3. The second-order valence-corrected chi connectivity index (χ2v) is 1.95. The van der Waals surface area contributed by atoms with Gasteiger partial charge in [0.25, 0.3) is 5.91 Å². The fourth-order valence-corrected chi connectivity index (χ4v) is 0.667. The second kappa shape index (κ2) is 5.05. The molecule has 1 amide bonds. The number of amides is 1. The van der Waals surface area contributed by atoms with Crippen LogP contribution in [0.4, 0.5) is 0 Å². The maximum Gasteiger partial charge on any atom is 0.300 e. The largest absolute Gasteiger partial charge is 0.300 e. The standard InChI is InChI=1S/C6H12N2O2/c1-3-8(4-2)5-6(9)7-10/h3-5H2,1-2H3. The minimum absolute atomic E-state index is 0.149. The molecule has 4 nitrogen and oxygen atoms in total. The van der Waals surface area contributed by atoms with Gasteiger partial charge in [-0.2, -0.15) is 0 Å². The smallest absolute Gasteiger partial charge is 0.295 e. The van der Waals surface area contributed by atoms with Gasteiger partial charge in [0.1, 0.15) is 0 Å². The number of nitrogens with zero attached hydrogens (tertiary/aromatic N) is 2. The number of hydrogen-bond acceptors (Lipinski definition) is 3. The lowest BCUT2D eigenvalue weighted by atomic mass is 10.4. The lowest BCUT2D eigenvalue weighted by Gasteiger charge is -2.13. The van der Waals surface area contributed by atoms with Crippen molar-refractivity contribution < 1.29 is 4.79 Å². The van der Waals surface area contributed by atoms with Gasteiger partial charge in [-0.3, -0.25) is 9.69 Å². The SMILES string of the molecule is CCN(CC)CC(=O)N=O. The molecule has 0 N–H and O–H groups in total. The van der Waals surface area contributed by atoms with Crippen LogP contribution in [0, 0.1) is 4.91 Å². The Morgan fingerprint density at radius 1 is 1.40 bits per heavy atom. The van der Waals surface area contributed by atoms with Gasteiger partial charge in [0.15, 0.2) is 0 Å². The van der Waals surface area contributed by atoms with Gasteiger partial charge in [0, 0.05) is 5.18 Å². The van der Waals surface area contributed by atoms with Gasteiger partial charge in [0.2, 0.25) is 0 Å². The molecule has 0 aliphatic heterocycles. The molecule has 0 aliphatic rings. The van der Waals surface area contributed by atoms with Crippen LogP contribution in [0.25, 0.3) is 0 Å². The summed E-state index contributed by atoms with van der Waals surface area (Å²) >= 11 is 0. The summed E-state index contributed by atoms with van der Waals surface area (Å²) in [6, 6.07) is 0. The summed E-state index contributed by atoms with van der Waals surface area (Å²) in [6.07, 6.45) is 0. The summed E-state index contributed by atoms with van der Waals surface area (Å²) in [6.45, 7) is 5.56. The fourth-order valence-electron chi connectivity index (χ4n) is 0.667. The Labute approximate surface area is 60.2 Å². The van der Waals surface area contributed by atoms with Crippen LogP contribution in [0.3, 0.4) is 0 Å². The highest BCUT2D eigenvalue weighted by molar-refractivity contribution is 5.78. The minimum atomic E-state index is -0.594. The topological polar surface area (TPSA) is 49.7 Å². The first kappa shape index (κ1) is 9.23. The van der Waals surface area contributed by atoms with Crippen LogP contribution >= 0.6 is 0 Å². The summed E-state index contributed by atoms with van der Waals surface area (Å²) < 4.78 is 0. The first-order chi connectivity index (χ1) is 4.74. The van der Waals surface area contributed by atoms with Gasteiger partial charge in [-0.05, 0) is 13.1 Å². The van der Waals surface area contributed by atoms with Crippen molar-refractivity contribution in [1.29, 1.82) is 0 Å². The summed E-state index contributed by atoms with van der Waals surface area (Å²) in [7, 11) is 0.